The van der Waals surface area contributed by atoms with Crippen LogP contribution >= 0.6 is 15.9 Å². The van der Waals surface area contributed by atoms with Crippen LogP contribution in [0.25, 0.3) is 0 Å². The van der Waals surface area contributed by atoms with Gasteiger partial charge in [-0.1, -0.05) is 0 Å². The van der Waals surface area contributed by atoms with Crippen LogP contribution in [0.15, 0.2) is 28.7 Å². The van der Waals surface area contributed by atoms with E-state index in [1.165, 1.54) is 109 Å². The summed E-state index contributed by atoms with van der Waals surface area (Å²) in [5.41, 5.74) is 1.27. The Balaban J connectivity index is 3.48. The molecule has 0 fully saturated rings. The molecule has 0 radical (unpaired) electrons. The molecular formula is C30H58BBrO2Sn2. The second-order valence-corrected chi connectivity index (χ2v) is 35.4. The summed E-state index contributed by atoms with van der Waals surface area (Å²) in [7, 11) is -0.124. The molecule has 0 aliphatic heterocycles. The van der Waals surface area contributed by atoms with Gasteiger partial charge in [0.25, 0.3) is 0 Å². The van der Waals surface area contributed by atoms with E-state index in [1.807, 2.05) is 0 Å². The van der Waals surface area contributed by atoms with Crippen LogP contribution in [-0.2, 0) is 5.98 Å². The van der Waals surface area contributed by atoms with Crippen LogP contribution < -0.4 is 5.46 Å². The zero-order valence-electron chi connectivity index (χ0n) is 24.8. The first-order valence-electron chi connectivity index (χ1n) is 15.5. The van der Waals surface area contributed by atoms with E-state index in [-0.39, 0.29) is 7.12 Å². The molecule has 0 aliphatic carbocycles. The summed E-state index contributed by atoms with van der Waals surface area (Å²) in [6.07, 6.45) is 15.6. The van der Waals surface area contributed by atoms with E-state index >= 15 is 0 Å². The summed E-state index contributed by atoms with van der Waals surface area (Å²) in [5.74, 6) is 0. The SMILES string of the molecule is CCC[CH2][Sn]([CH2]CCC)([CH2]CCC)[O]B([O][Sn]([CH2]CCC)([CH2]CCC)[CH2]CCC)c1ccc(Br)cc1. The Bertz CT molecular complexity index is 581. The van der Waals surface area contributed by atoms with Gasteiger partial charge in [-0.3, -0.25) is 0 Å². The number of halogens is 1. The molecule has 0 atom stereocenters. The van der Waals surface area contributed by atoms with Crippen molar-refractivity contribution in [2.24, 2.45) is 0 Å². The third-order valence-corrected chi connectivity index (χ3v) is 34.0. The Morgan fingerprint density at radius 1 is 0.528 bits per heavy atom. The Morgan fingerprint density at radius 3 is 1.06 bits per heavy atom. The summed E-state index contributed by atoms with van der Waals surface area (Å²) in [6, 6.07) is 8.94. The molecule has 0 heterocycles. The standard InChI is InChI=1S/C6H4BBrO2.6C4H9.2Sn/c8-6-3-1-5(2-4-6)7(9)10;6*1-3-4-2;;/h1-4H;6*1,3-4H2,2H3;;/q-2;;;;;;;2*+1. The molecule has 36 heavy (non-hydrogen) atoms. The minimum absolute atomic E-state index is 0.124. The molecule has 0 spiro atoms. The van der Waals surface area contributed by atoms with E-state index in [0.29, 0.717) is 0 Å². The van der Waals surface area contributed by atoms with Gasteiger partial charge in [-0.05, 0) is 0 Å². The third-order valence-electron chi connectivity index (χ3n) is 7.77. The number of benzene rings is 1. The fourth-order valence-corrected chi connectivity index (χ4v) is 33.4. The third kappa shape index (κ3) is 13.6. The van der Waals surface area contributed by atoms with Crippen LogP contribution in [0.1, 0.15) is 119 Å². The average Bonchev–Trinajstić information content (AvgIpc) is 2.90. The zero-order chi connectivity index (χ0) is 26.7. The van der Waals surface area contributed by atoms with Gasteiger partial charge in [0.05, 0.1) is 0 Å². The van der Waals surface area contributed by atoms with Gasteiger partial charge in [0.1, 0.15) is 0 Å². The number of hydrogen-bond acceptors (Lipinski definition) is 2. The molecule has 1 aromatic carbocycles. The Hall–Kier alpha value is 1.28. The van der Waals surface area contributed by atoms with E-state index < -0.39 is 37.6 Å². The summed E-state index contributed by atoms with van der Waals surface area (Å²) in [6.45, 7) is 14.1. The molecule has 0 saturated heterocycles. The van der Waals surface area contributed by atoms with E-state index in [0.717, 1.165) is 4.47 Å². The minimum atomic E-state index is -2.86. The van der Waals surface area contributed by atoms with Crippen molar-refractivity contribution in [1.82, 2.24) is 0 Å². The van der Waals surface area contributed by atoms with Gasteiger partial charge in [-0.15, -0.1) is 0 Å². The quantitative estimate of drug-likeness (QED) is 0.103. The molecule has 0 N–H and O–H groups in total. The average molecular weight is 779 g/mol. The molecule has 1 aromatic rings. The molecule has 0 saturated carbocycles. The fraction of sp³-hybridized carbons (Fsp3) is 0.800. The molecule has 6 heteroatoms. The first-order chi connectivity index (χ1) is 17.4. The van der Waals surface area contributed by atoms with Crippen molar-refractivity contribution >= 4 is 66.1 Å². The predicted octanol–water partition coefficient (Wildman–Crippen LogP) is 10.9. The second kappa shape index (κ2) is 21.1. The van der Waals surface area contributed by atoms with E-state index in [2.05, 4.69) is 81.7 Å². The first-order valence-corrected chi connectivity index (χ1v) is 30.8. The van der Waals surface area contributed by atoms with Gasteiger partial charge in [-0.25, -0.2) is 0 Å². The van der Waals surface area contributed by atoms with E-state index in [9.17, 15) is 0 Å². The normalized spacial score (nSPS) is 12.3. The Morgan fingerprint density at radius 2 is 0.806 bits per heavy atom. The Labute approximate surface area is 244 Å². The second-order valence-electron chi connectivity index (χ2n) is 11.1. The topological polar surface area (TPSA) is 18.5 Å². The number of rotatable bonds is 23. The molecule has 2 nitrogen and oxygen atoms in total. The molecule has 0 aliphatic rings. The molecule has 0 aromatic heterocycles. The zero-order valence-corrected chi connectivity index (χ0v) is 32.1. The van der Waals surface area contributed by atoms with Crippen LogP contribution in [0, 0.1) is 0 Å². The first kappa shape index (κ1) is 35.3. The maximum absolute atomic E-state index is 7.59. The van der Waals surface area contributed by atoms with Crippen LogP contribution in [0.4, 0.5) is 0 Å². The monoisotopic (exact) mass is 780 g/mol. The molecular weight excluding hydrogens is 720 g/mol. The molecule has 0 bridgehead atoms. The van der Waals surface area contributed by atoms with Gasteiger partial charge in [0, 0.05) is 0 Å². The summed E-state index contributed by atoms with van der Waals surface area (Å²) < 4.78 is 24.5. The molecule has 0 amide bonds. The van der Waals surface area contributed by atoms with Crippen molar-refractivity contribution in [3.05, 3.63) is 28.7 Å². The van der Waals surface area contributed by atoms with Crippen molar-refractivity contribution in [3.8, 4) is 0 Å². The maximum atomic E-state index is 7.59. The summed E-state index contributed by atoms with van der Waals surface area (Å²) in [5, 5.41) is 0. The summed E-state index contributed by atoms with van der Waals surface area (Å²) in [4.78, 5) is 0. The molecule has 1 rings (SSSR count). The van der Waals surface area contributed by atoms with Crippen molar-refractivity contribution in [2.45, 2.75) is 145 Å². The summed E-state index contributed by atoms with van der Waals surface area (Å²) >= 11 is -2.05. The van der Waals surface area contributed by atoms with Crippen molar-refractivity contribution in [3.63, 3.8) is 0 Å². The van der Waals surface area contributed by atoms with E-state index in [1.54, 1.807) is 0 Å². The number of unbranched alkanes of at least 4 members (excludes halogenated alkanes) is 6. The van der Waals surface area contributed by atoms with Gasteiger partial charge in [0.15, 0.2) is 0 Å². The van der Waals surface area contributed by atoms with Gasteiger partial charge >= 0.3 is 246 Å². The van der Waals surface area contributed by atoms with E-state index in [4.69, 9.17) is 5.98 Å². The van der Waals surface area contributed by atoms with Crippen LogP contribution in [-0.4, -0.2) is 44.7 Å². The van der Waals surface area contributed by atoms with Gasteiger partial charge < -0.3 is 0 Å². The molecule has 0 unspecified atom stereocenters. The molecule has 208 valence electrons. The predicted molar refractivity (Wildman–Crippen MR) is 171 cm³/mol. The van der Waals surface area contributed by atoms with Crippen molar-refractivity contribution in [2.75, 3.05) is 0 Å². The van der Waals surface area contributed by atoms with Crippen LogP contribution in [0.5, 0.6) is 0 Å². The van der Waals surface area contributed by atoms with Crippen molar-refractivity contribution < 1.29 is 5.98 Å². The van der Waals surface area contributed by atoms with Crippen molar-refractivity contribution in [1.29, 1.82) is 0 Å². The van der Waals surface area contributed by atoms with Crippen LogP contribution in [0.3, 0.4) is 0 Å². The van der Waals surface area contributed by atoms with Gasteiger partial charge in [0.2, 0.25) is 0 Å². The Kier molecular flexibility index (Phi) is 20.7. The van der Waals surface area contributed by atoms with Crippen LogP contribution in [0.2, 0.25) is 26.6 Å². The van der Waals surface area contributed by atoms with Gasteiger partial charge in [-0.2, -0.15) is 0 Å². The fourth-order valence-electron chi connectivity index (χ4n) is 5.33. The number of hydrogen-bond donors (Lipinski definition) is 0.